The molecule has 1 aromatic carbocycles. The first-order valence-corrected chi connectivity index (χ1v) is 8.09. The van der Waals surface area contributed by atoms with Gasteiger partial charge in [-0.1, -0.05) is 24.6 Å². The van der Waals surface area contributed by atoms with Crippen molar-refractivity contribution in [2.75, 3.05) is 11.9 Å². The summed E-state index contributed by atoms with van der Waals surface area (Å²) in [7, 11) is 0. The fourth-order valence-electron chi connectivity index (χ4n) is 2.56. The highest BCUT2D eigenvalue weighted by Gasteiger charge is 2.14. The SMILES string of the molecule is CCCNc1nc(-c2c(C)cc(C)cc2C)nc(C)c1Br. The molecule has 3 nitrogen and oxygen atoms in total. The molecule has 0 bridgehead atoms. The predicted octanol–water partition coefficient (Wildman–Crippen LogP) is 4.96. The van der Waals surface area contributed by atoms with Gasteiger partial charge in [0.05, 0.1) is 10.2 Å². The van der Waals surface area contributed by atoms with Gasteiger partial charge >= 0.3 is 0 Å². The largest absolute Gasteiger partial charge is 0.369 e. The molecule has 0 unspecified atom stereocenters. The minimum Gasteiger partial charge on any atom is -0.369 e. The standard InChI is InChI=1S/C17H22BrN3/c1-6-7-19-17-15(18)13(5)20-16(21-17)14-11(3)8-10(2)9-12(14)4/h8-9H,6-7H2,1-5H3,(H,19,20,21). The first kappa shape index (κ1) is 16.0. The number of nitrogens with one attached hydrogen (secondary N) is 1. The first-order chi connectivity index (χ1) is 9.93. The number of aryl methyl sites for hydroxylation is 4. The van der Waals surface area contributed by atoms with Crippen LogP contribution in [-0.4, -0.2) is 16.5 Å². The van der Waals surface area contributed by atoms with Gasteiger partial charge in [-0.25, -0.2) is 9.97 Å². The number of aromatic nitrogens is 2. The zero-order chi connectivity index (χ0) is 15.6. The molecule has 1 heterocycles. The van der Waals surface area contributed by atoms with Gasteiger partial charge in [-0.2, -0.15) is 0 Å². The van der Waals surface area contributed by atoms with E-state index in [2.05, 4.69) is 66.1 Å². The van der Waals surface area contributed by atoms with Crippen molar-refractivity contribution >= 4 is 21.7 Å². The van der Waals surface area contributed by atoms with E-state index in [1.165, 1.54) is 16.7 Å². The summed E-state index contributed by atoms with van der Waals surface area (Å²) in [4.78, 5) is 9.39. The summed E-state index contributed by atoms with van der Waals surface area (Å²) in [6, 6.07) is 4.37. The molecule has 0 aliphatic heterocycles. The number of anilines is 1. The van der Waals surface area contributed by atoms with Gasteiger partial charge in [0.25, 0.3) is 0 Å². The molecular weight excluding hydrogens is 326 g/mol. The van der Waals surface area contributed by atoms with Gasteiger partial charge in [-0.15, -0.1) is 0 Å². The van der Waals surface area contributed by atoms with Crippen LogP contribution in [-0.2, 0) is 0 Å². The Kier molecular flexibility index (Phi) is 4.99. The van der Waals surface area contributed by atoms with E-state index in [-0.39, 0.29) is 0 Å². The lowest BCUT2D eigenvalue weighted by Gasteiger charge is -2.14. The number of nitrogens with zero attached hydrogens (tertiary/aromatic N) is 2. The lowest BCUT2D eigenvalue weighted by Crippen LogP contribution is -2.07. The molecule has 0 saturated carbocycles. The predicted molar refractivity (Wildman–Crippen MR) is 92.9 cm³/mol. The van der Waals surface area contributed by atoms with E-state index in [0.717, 1.165) is 40.3 Å². The maximum absolute atomic E-state index is 4.72. The topological polar surface area (TPSA) is 37.8 Å². The van der Waals surface area contributed by atoms with Gasteiger partial charge in [0.15, 0.2) is 5.82 Å². The van der Waals surface area contributed by atoms with Crippen molar-refractivity contribution in [1.82, 2.24) is 9.97 Å². The minimum atomic E-state index is 0.796. The normalized spacial score (nSPS) is 10.8. The summed E-state index contributed by atoms with van der Waals surface area (Å²) in [6.45, 7) is 11.4. The van der Waals surface area contributed by atoms with Crippen molar-refractivity contribution < 1.29 is 0 Å². The molecule has 1 N–H and O–H groups in total. The number of halogens is 1. The van der Waals surface area contributed by atoms with Crippen molar-refractivity contribution in [3.05, 3.63) is 39.0 Å². The molecule has 2 aromatic rings. The number of rotatable bonds is 4. The monoisotopic (exact) mass is 347 g/mol. The lowest BCUT2D eigenvalue weighted by atomic mass is 9.99. The second kappa shape index (κ2) is 6.56. The molecule has 1 aromatic heterocycles. The van der Waals surface area contributed by atoms with Crippen molar-refractivity contribution in [1.29, 1.82) is 0 Å². The summed E-state index contributed by atoms with van der Waals surface area (Å²) >= 11 is 3.58. The van der Waals surface area contributed by atoms with Crippen LogP contribution in [0.15, 0.2) is 16.6 Å². The molecular formula is C17H22BrN3. The highest BCUT2D eigenvalue weighted by molar-refractivity contribution is 9.10. The van der Waals surface area contributed by atoms with Gasteiger partial charge in [0.2, 0.25) is 0 Å². The van der Waals surface area contributed by atoms with Crippen LogP contribution in [0, 0.1) is 27.7 Å². The molecule has 0 saturated heterocycles. The van der Waals surface area contributed by atoms with Crippen LogP contribution in [0.1, 0.15) is 35.7 Å². The molecule has 0 radical (unpaired) electrons. The fraction of sp³-hybridized carbons (Fsp3) is 0.412. The first-order valence-electron chi connectivity index (χ1n) is 7.30. The number of hydrogen-bond donors (Lipinski definition) is 1. The van der Waals surface area contributed by atoms with Crippen LogP contribution >= 0.6 is 15.9 Å². The van der Waals surface area contributed by atoms with Crippen LogP contribution in [0.25, 0.3) is 11.4 Å². The third-order valence-corrected chi connectivity index (χ3v) is 4.41. The van der Waals surface area contributed by atoms with Crippen LogP contribution in [0.2, 0.25) is 0 Å². The molecule has 112 valence electrons. The highest BCUT2D eigenvalue weighted by Crippen LogP contribution is 2.30. The zero-order valence-electron chi connectivity index (χ0n) is 13.3. The number of benzene rings is 1. The van der Waals surface area contributed by atoms with Gasteiger partial charge in [0, 0.05) is 12.1 Å². The Morgan fingerprint density at radius 1 is 1.05 bits per heavy atom. The molecule has 0 spiro atoms. The molecule has 0 atom stereocenters. The Hall–Kier alpha value is -1.42. The van der Waals surface area contributed by atoms with Crippen molar-refractivity contribution in [3.8, 4) is 11.4 Å². The van der Waals surface area contributed by atoms with Gasteiger partial charge in [-0.05, 0) is 61.2 Å². The van der Waals surface area contributed by atoms with Gasteiger partial charge in [0.1, 0.15) is 5.82 Å². The Bertz CT molecular complexity index is 642. The summed E-state index contributed by atoms with van der Waals surface area (Å²) in [5.41, 5.74) is 5.80. The molecule has 0 amide bonds. The quantitative estimate of drug-likeness (QED) is 0.848. The van der Waals surface area contributed by atoms with Crippen LogP contribution in [0.4, 0.5) is 5.82 Å². The summed E-state index contributed by atoms with van der Waals surface area (Å²) in [6.07, 6.45) is 1.06. The molecule has 0 aliphatic carbocycles. The van der Waals surface area contributed by atoms with E-state index in [1.807, 2.05) is 6.92 Å². The van der Waals surface area contributed by atoms with Crippen LogP contribution in [0.5, 0.6) is 0 Å². The van der Waals surface area contributed by atoms with Crippen molar-refractivity contribution in [2.24, 2.45) is 0 Å². The van der Waals surface area contributed by atoms with E-state index < -0.39 is 0 Å². The van der Waals surface area contributed by atoms with Crippen LogP contribution in [0.3, 0.4) is 0 Å². The van der Waals surface area contributed by atoms with Gasteiger partial charge in [-0.3, -0.25) is 0 Å². The van der Waals surface area contributed by atoms with Crippen molar-refractivity contribution in [2.45, 2.75) is 41.0 Å². The smallest absolute Gasteiger partial charge is 0.162 e. The summed E-state index contributed by atoms with van der Waals surface area (Å²) < 4.78 is 0.946. The Balaban J connectivity index is 2.57. The zero-order valence-corrected chi connectivity index (χ0v) is 14.9. The van der Waals surface area contributed by atoms with E-state index in [1.54, 1.807) is 0 Å². The maximum Gasteiger partial charge on any atom is 0.162 e. The fourth-order valence-corrected chi connectivity index (χ4v) is 2.88. The average molecular weight is 348 g/mol. The second-order valence-electron chi connectivity index (χ2n) is 5.50. The molecule has 0 fully saturated rings. The van der Waals surface area contributed by atoms with E-state index in [9.17, 15) is 0 Å². The maximum atomic E-state index is 4.72. The second-order valence-corrected chi connectivity index (χ2v) is 6.29. The van der Waals surface area contributed by atoms with E-state index >= 15 is 0 Å². The minimum absolute atomic E-state index is 0.796. The average Bonchev–Trinajstić information content (AvgIpc) is 2.39. The highest BCUT2D eigenvalue weighted by atomic mass is 79.9. The molecule has 4 heteroatoms. The van der Waals surface area contributed by atoms with E-state index in [4.69, 9.17) is 4.98 Å². The van der Waals surface area contributed by atoms with Crippen molar-refractivity contribution in [3.63, 3.8) is 0 Å². The van der Waals surface area contributed by atoms with Crippen LogP contribution < -0.4 is 5.32 Å². The molecule has 0 aliphatic rings. The Morgan fingerprint density at radius 2 is 1.67 bits per heavy atom. The molecule has 21 heavy (non-hydrogen) atoms. The van der Waals surface area contributed by atoms with Gasteiger partial charge < -0.3 is 5.32 Å². The third-order valence-electron chi connectivity index (χ3n) is 3.46. The summed E-state index contributed by atoms with van der Waals surface area (Å²) in [5, 5.41) is 3.37. The Labute approximate surface area is 135 Å². The summed E-state index contributed by atoms with van der Waals surface area (Å²) in [5.74, 6) is 1.67. The Morgan fingerprint density at radius 3 is 2.24 bits per heavy atom. The molecule has 2 rings (SSSR count). The lowest BCUT2D eigenvalue weighted by molar-refractivity contribution is 0.958. The van der Waals surface area contributed by atoms with E-state index in [0.29, 0.717) is 0 Å². The third kappa shape index (κ3) is 3.43. The number of hydrogen-bond acceptors (Lipinski definition) is 3.